The van der Waals surface area contributed by atoms with E-state index in [2.05, 4.69) is 0 Å². The number of rotatable bonds is 1. The van der Waals surface area contributed by atoms with Gasteiger partial charge in [-0.15, -0.1) is 0 Å². The van der Waals surface area contributed by atoms with E-state index in [4.69, 9.17) is 10.8 Å². The van der Waals surface area contributed by atoms with Gasteiger partial charge in [-0.3, -0.25) is 4.79 Å². The third-order valence-corrected chi connectivity index (χ3v) is 6.19. The minimum Gasteiger partial charge on any atom is -0.480 e. The fraction of sp³-hybridized carbons (Fsp3) is 0.750. The third-order valence-electron chi connectivity index (χ3n) is 3.34. The summed E-state index contributed by atoms with van der Waals surface area (Å²) in [5.41, 5.74) is 5.40. The van der Waals surface area contributed by atoms with Crippen LogP contribution in [0.4, 0.5) is 0 Å². The molecule has 0 saturated carbocycles. The lowest BCUT2D eigenvalue weighted by Gasteiger charge is -2.40. The Balaban J connectivity index is 2.60. The van der Waals surface area contributed by atoms with E-state index >= 15 is 0 Å². The molecule has 2 heterocycles. The van der Waals surface area contributed by atoms with Crippen LogP contribution in [0.3, 0.4) is 0 Å². The molecule has 2 rings (SSSR count). The van der Waals surface area contributed by atoms with Gasteiger partial charge in [0.15, 0.2) is 15.2 Å². The molecule has 0 radical (unpaired) electrons. The Morgan fingerprint density at radius 2 is 2.00 bits per heavy atom. The molecular formula is C8H12N2O5S. The van der Waals surface area contributed by atoms with E-state index in [1.807, 2.05) is 0 Å². The topological polar surface area (TPSA) is 118 Å². The largest absolute Gasteiger partial charge is 0.480 e. The smallest absolute Gasteiger partial charge is 0.328 e. The lowest BCUT2D eigenvalue weighted by atomic mass is 9.96. The Kier molecular flexibility index (Phi) is 1.95. The molecule has 8 heteroatoms. The Morgan fingerprint density at radius 3 is 2.44 bits per heavy atom. The number of nitrogens with two attached hydrogens (primary N) is 1. The van der Waals surface area contributed by atoms with Crippen molar-refractivity contribution in [2.45, 2.75) is 36.1 Å². The number of carboxylic acids is 1. The Bertz CT molecular complexity index is 483. The summed E-state index contributed by atoms with van der Waals surface area (Å²) in [4.78, 5) is 23.3. The summed E-state index contributed by atoms with van der Waals surface area (Å²) >= 11 is 0. The normalized spacial score (nSPS) is 39.1. The van der Waals surface area contributed by atoms with Gasteiger partial charge in [0, 0.05) is 0 Å². The van der Waals surface area contributed by atoms with Gasteiger partial charge in [0.2, 0.25) is 5.91 Å². The van der Waals surface area contributed by atoms with Crippen molar-refractivity contribution in [3.63, 3.8) is 0 Å². The molecule has 0 spiro atoms. The highest BCUT2D eigenvalue weighted by Crippen LogP contribution is 2.45. The minimum atomic E-state index is -3.74. The van der Waals surface area contributed by atoms with Crippen LogP contribution in [0.1, 0.15) is 13.8 Å². The van der Waals surface area contributed by atoms with E-state index in [-0.39, 0.29) is 0 Å². The van der Waals surface area contributed by atoms with E-state index in [1.165, 1.54) is 13.8 Å². The summed E-state index contributed by atoms with van der Waals surface area (Å²) in [5.74, 6) is -1.94. The summed E-state index contributed by atoms with van der Waals surface area (Å²) in [6.07, 6.45) is 0. The zero-order valence-corrected chi connectivity index (χ0v) is 9.56. The van der Waals surface area contributed by atoms with Gasteiger partial charge >= 0.3 is 5.97 Å². The number of nitrogens with zero attached hydrogens (tertiary/aromatic N) is 1. The van der Waals surface area contributed by atoms with Crippen LogP contribution in [0.2, 0.25) is 0 Å². The average Bonchev–Trinajstić information content (AvgIpc) is 2.28. The lowest BCUT2D eigenvalue weighted by molar-refractivity contribution is -0.159. The molecule has 0 aromatic carbocycles. The number of sulfone groups is 1. The first kappa shape index (κ1) is 11.3. The van der Waals surface area contributed by atoms with Gasteiger partial charge < -0.3 is 15.7 Å². The summed E-state index contributed by atoms with van der Waals surface area (Å²) in [7, 11) is -3.74. The summed E-state index contributed by atoms with van der Waals surface area (Å²) in [6.45, 7) is 2.61. The second kappa shape index (κ2) is 2.75. The molecule has 0 aromatic heterocycles. The van der Waals surface area contributed by atoms with Crippen molar-refractivity contribution >= 4 is 21.7 Å². The van der Waals surface area contributed by atoms with Crippen molar-refractivity contribution in [1.82, 2.24) is 4.90 Å². The van der Waals surface area contributed by atoms with Crippen molar-refractivity contribution in [2.24, 2.45) is 5.73 Å². The zero-order valence-electron chi connectivity index (χ0n) is 8.75. The van der Waals surface area contributed by atoms with E-state index in [9.17, 15) is 18.0 Å². The van der Waals surface area contributed by atoms with Gasteiger partial charge in [-0.1, -0.05) is 0 Å². The number of fused-ring (bicyclic) bond motifs is 1. The Morgan fingerprint density at radius 1 is 1.50 bits per heavy atom. The maximum absolute atomic E-state index is 12.0. The van der Waals surface area contributed by atoms with Gasteiger partial charge in [0.05, 0.1) is 0 Å². The number of hydrogen-bond acceptors (Lipinski definition) is 5. The molecule has 2 aliphatic heterocycles. The van der Waals surface area contributed by atoms with Gasteiger partial charge in [0.25, 0.3) is 0 Å². The van der Waals surface area contributed by atoms with Crippen molar-refractivity contribution in [3.8, 4) is 0 Å². The molecule has 2 saturated heterocycles. The molecule has 3 N–H and O–H groups in total. The molecule has 0 aliphatic carbocycles. The van der Waals surface area contributed by atoms with E-state index in [0.717, 1.165) is 4.90 Å². The molecule has 1 amide bonds. The molecule has 7 nitrogen and oxygen atoms in total. The molecule has 16 heavy (non-hydrogen) atoms. The highest BCUT2D eigenvalue weighted by atomic mass is 32.2. The van der Waals surface area contributed by atoms with Crippen LogP contribution in [-0.4, -0.2) is 52.5 Å². The minimum absolute atomic E-state index is 0.619. The average molecular weight is 248 g/mol. The van der Waals surface area contributed by atoms with Gasteiger partial charge in [-0.25, -0.2) is 13.2 Å². The molecule has 0 bridgehead atoms. The maximum Gasteiger partial charge on any atom is 0.328 e. The first-order chi connectivity index (χ1) is 7.14. The van der Waals surface area contributed by atoms with E-state index in [1.54, 1.807) is 0 Å². The predicted octanol–water partition coefficient (Wildman–Crippen LogP) is -1.86. The monoisotopic (exact) mass is 248 g/mol. The van der Waals surface area contributed by atoms with Crippen LogP contribution in [-0.2, 0) is 19.4 Å². The number of carboxylic acid groups (broad SMARTS) is 1. The van der Waals surface area contributed by atoms with Crippen LogP contribution in [0.25, 0.3) is 0 Å². The molecule has 2 aliphatic rings. The Hall–Kier alpha value is -1.15. The summed E-state index contributed by atoms with van der Waals surface area (Å²) < 4.78 is 22.5. The quantitative estimate of drug-likeness (QED) is 0.525. The van der Waals surface area contributed by atoms with E-state index < -0.39 is 43.9 Å². The van der Waals surface area contributed by atoms with E-state index in [0.29, 0.717) is 0 Å². The molecule has 1 unspecified atom stereocenters. The number of amides is 1. The first-order valence-corrected chi connectivity index (χ1v) is 6.22. The number of hydrogen-bond donors (Lipinski definition) is 2. The van der Waals surface area contributed by atoms with Crippen molar-refractivity contribution in [3.05, 3.63) is 0 Å². The molecule has 2 fully saturated rings. The number of aliphatic carboxylic acids is 1. The molecule has 3 atom stereocenters. The fourth-order valence-corrected chi connectivity index (χ4v) is 4.52. The van der Waals surface area contributed by atoms with Crippen LogP contribution >= 0.6 is 0 Å². The second-order valence-corrected chi connectivity index (χ2v) is 7.18. The van der Waals surface area contributed by atoms with Crippen LogP contribution < -0.4 is 5.73 Å². The molecular weight excluding hydrogens is 236 g/mol. The SMILES string of the molecule is CC1(C)[C@H](C(=O)O)N2C(=O)C(N)[C@H]2S1(=O)=O. The van der Waals surface area contributed by atoms with Crippen LogP contribution in [0.15, 0.2) is 0 Å². The number of carbonyl (C=O) groups excluding carboxylic acids is 1. The van der Waals surface area contributed by atoms with Crippen LogP contribution in [0, 0.1) is 0 Å². The van der Waals surface area contributed by atoms with Gasteiger partial charge in [-0.05, 0) is 13.8 Å². The van der Waals surface area contributed by atoms with Crippen molar-refractivity contribution < 1.29 is 23.1 Å². The van der Waals surface area contributed by atoms with Crippen LogP contribution in [0.5, 0.6) is 0 Å². The third kappa shape index (κ3) is 0.938. The first-order valence-electron chi connectivity index (χ1n) is 4.68. The maximum atomic E-state index is 12.0. The van der Waals surface area contributed by atoms with Gasteiger partial charge in [0.1, 0.15) is 16.8 Å². The summed E-state index contributed by atoms with van der Waals surface area (Å²) in [6, 6.07) is -2.48. The fourth-order valence-electron chi connectivity index (χ4n) is 2.35. The van der Waals surface area contributed by atoms with Crippen molar-refractivity contribution in [1.29, 1.82) is 0 Å². The lowest BCUT2D eigenvalue weighted by Crippen LogP contribution is -2.70. The number of β-lactam (4-membered cyclic amide) rings is 1. The highest BCUT2D eigenvalue weighted by Gasteiger charge is 2.71. The number of carbonyl (C=O) groups is 2. The second-order valence-electron chi connectivity index (χ2n) is 4.55. The molecule has 90 valence electrons. The zero-order chi connectivity index (χ0) is 12.5. The predicted molar refractivity (Wildman–Crippen MR) is 53.0 cm³/mol. The Labute approximate surface area is 92.1 Å². The standard InChI is InChI=1S/C8H12N2O5S/c1-8(2)4(7(12)13)10-5(11)3(9)6(10)16(8,14)15/h3-4,6H,9H2,1-2H3,(H,12,13)/t3?,4-,6+/m0/s1. The summed E-state index contributed by atoms with van der Waals surface area (Å²) in [5, 5.41) is 7.82. The highest BCUT2D eigenvalue weighted by molar-refractivity contribution is 7.94. The van der Waals surface area contributed by atoms with Crippen molar-refractivity contribution in [2.75, 3.05) is 0 Å². The molecule has 0 aromatic rings. The van der Waals surface area contributed by atoms with Gasteiger partial charge in [-0.2, -0.15) is 0 Å².